The summed E-state index contributed by atoms with van der Waals surface area (Å²) >= 11 is 0. The van der Waals surface area contributed by atoms with E-state index in [0.717, 1.165) is 30.6 Å². The fourth-order valence-corrected chi connectivity index (χ4v) is 3.23. The van der Waals surface area contributed by atoms with Gasteiger partial charge in [0.25, 0.3) is 0 Å². The van der Waals surface area contributed by atoms with Crippen LogP contribution in [-0.2, 0) is 0 Å². The van der Waals surface area contributed by atoms with Crippen molar-refractivity contribution in [2.75, 3.05) is 0 Å². The van der Waals surface area contributed by atoms with E-state index in [1.807, 2.05) is 0 Å². The molecule has 2 aliphatic carbocycles. The van der Waals surface area contributed by atoms with Gasteiger partial charge in [0.15, 0.2) is 0 Å². The Labute approximate surface area is 80.9 Å². The van der Waals surface area contributed by atoms with Crippen molar-refractivity contribution in [3.05, 3.63) is 0 Å². The average molecular weight is 184 g/mol. The van der Waals surface area contributed by atoms with E-state index in [-0.39, 0.29) is 0 Å². The van der Waals surface area contributed by atoms with Crippen molar-refractivity contribution >= 4 is 0 Å². The number of halogens is 1. The summed E-state index contributed by atoms with van der Waals surface area (Å²) in [6, 6.07) is 0. The summed E-state index contributed by atoms with van der Waals surface area (Å²) in [6.07, 6.45) is 7.79. The first-order valence-corrected chi connectivity index (χ1v) is 5.89. The van der Waals surface area contributed by atoms with E-state index in [2.05, 4.69) is 6.92 Å². The number of alkyl halides is 1. The smallest absolute Gasteiger partial charge is 0.100 e. The zero-order chi connectivity index (χ0) is 9.26. The highest BCUT2D eigenvalue weighted by molar-refractivity contribution is 4.82. The first-order valence-electron chi connectivity index (χ1n) is 5.89. The van der Waals surface area contributed by atoms with Gasteiger partial charge in [-0.2, -0.15) is 0 Å². The summed E-state index contributed by atoms with van der Waals surface area (Å²) in [5, 5.41) is 0. The molecule has 0 N–H and O–H groups in total. The van der Waals surface area contributed by atoms with Gasteiger partial charge in [-0.1, -0.05) is 13.3 Å². The van der Waals surface area contributed by atoms with Crippen molar-refractivity contribution in [1.82, 2.24) is 0 Å². The Morgan fingerprint density at radius 1 is 0.846 bits per heavy atom. The van der Waals surface area contributed by atoms with Gasteiger partial charge in [0, 0.05) is 0 Å². The van der Waals surface area contributed by atoms with Crippen LogP contribution in [0.2, 0.25) is 0 Å². The van der Waals surface area contributed by atoms with Crippen LogP contribution < -0.4 is 0 Å². The molecule has 2 rings (SSSR count). The van der Waals surface area contributed by atoms with E-state index in [4.69, 9.17) is 0 Å². The lowest BCUT2D eigenvalue weighted by atomic mass is 9.78. The monoisotopic (exact) mass is 184 g/mol. The molecule has 76 valence electrons. The molecule has 0 saturated heterocycles. The zero-order valence-corrected chi connectivity index (χ0v) is 8.64. The number of hydrogen-bond donors (Lipinski definition) is 0. The minimum Gasteiger partial charge on any atom is -0.247 e. The molecule has 0 nitrogen and oxygen atoms in total. The highest BCUT2D eigenvalue weighted by Crippen LogP contribution is 2.41. The first kappa shape index (κ1) is 9.48. The summed E-state index contributed by atoms with van der Waals surface area (Å²) in [5.41, 5.74) is 0. The number of hydrogen-bond acceptors (Lipinski definition) is 0. The van der Waals surface area contributed by atoms with Crippen LogP contribution in [0.1, 0.15) is 51.9 Å². The highest BCUT2D eigenvalue weighted by atomic mass is 19.1. The van der Waals surface area contributed by atoms with Crippen LogP contribution >= 0.6 is 0 Å². The molecule has 0 aromatic heterocycles. The molecule has 0 heterocycles. The van der Waals surface area contributed by atoms with Gasteiger partial charge in [0.05, 0.1) is 0 Å². The average Bonchev–Trinajstić information content (AvgIpc) is 2.53. The molecule has 2 fully saturated rings. The van der Waals surface area contributed by atoms with Gasteiger partial charge < -0.3 is 0 Å². The van der Waals surface area contributed by atoms with Gasteiger partial charge in [-0.05, 0) is 56.3 Å². The van der Waals surface area contributed by atoms with Gasteiger partial charge in [0.1, 0.15) is 6.17 Å². The second-order valence-corrected chi connectivity index (χ2v) is 5.19. The van der Waals surface area contributed by atoms with Gasteiger partial charge in [0.2, 0.25) is 0 Å². The van der Waals surface area contributed by atoms with Crippen molar-refractivity contribution in [3.63, 3.8) is 0 Å². The molecule has 13 heavy (non-hydrogen) atoms. The van der Waals surface area contributed by atoms with Crippen LogP contribution in [0.4, 0.5) is 4.39 Å². The summed E-state index contributed by atoms with van der Waals surface area (Å²) < 4.78 is 12.9. The minimum absolute atomic E-state index is 0.477. The third-order valence-electron chi connectivity index (χ3n) is 4.10. The van der Waals surface area contributed by atoms with Gasteiger partial charge >= 0.3 is 0 Å². The van der Waals surface area contributed by atoms with Crippen LogP contribution in [-0.4, -0.2) is 6.17 Å². The van der Waals surface area contributed by atoms with E-state index in [0.29, 0.717) is 0 Å². The molecule has 0 bridgehead atoms. The van der Waals surface area contributed by atoms with E-state index < -0.39 is 6.17 Å². The third kappa shape index (κ3) is 2.24. The quantitative estimate of drug-likeness (QED) is 0.579. The second kappa shape index (κ2) is 3.98. The molecule has 0 amide bonds. The lowest BCUT2D eigenvalue weighted by Gasteiger charge is -2.29. The van der Waals surface area contributed by atoms with Crippen LogP contribution in [0.5, 0.6) is 0 Å². The standard InChI is InChI=1S/C12H21F/c1-9-2-3-11(8-9)10-4-6-12(13)7-5-10/h9-12H,2-8H2,1H3/t9-,10?,11?,12?/m1/s1. The molecular formula is C12H21F. The van der Waals surface area contributed by atoms with Crippen molar-refractivity contribution in [2.45, 2.75) is 58.0 Å². The normalized spacial score (nSPS) is 46.6. The molecule has 2 atom stereocenters. The van der Waals surface area contributed by atoms with Gasteiger partial charge in [-0.25, -0.2) is 4.39 Å². The molecule has 2 saturated carbocycles. The maximum Gasteiger partial charge on any atom is 0.100 e. The van der Waals surface area contributed by atoms with E-state index in [1.54, 1.807) is 0 Å². The second-order valence-electron chi connectivity index (χ2n) is 5.19. The fourth-order valence-electron chi connectivity index (χ4n) is 3.23. The van der Waals surface area contributed by atoms with Crippen molar-refractivity contribution in [1.29, 1.82) is 0 Å². The Hall–Kier alpha value is -0.0700. The Kier molecular flexibility index (Phi) is 2.90. The molecular weight excluding hydrogens is 163 g/mol. The molecule has 2 aliphatic rings. The predicted octanol–water partition coefficient (Wildman–Crippen LogP) is 3.95. The van der Waals surface area contributed by atoms with Crippen molar-refractivity contribution in [3.8, 4) is 0 Å². The topological polar surface area (TPSA) is 0 Å². The minimum atomic E-state index is -0.477. The Balaban J connectivity index is 1.81. The molecule has 0 aliphatic heterocycles. The largest absolute Gasteiger partial charge is 0.247 e. The van der Waals surface area contributed by atoms with Gasteiger partial charge in [-0.3, -0.25) is 0 Å². The molecule has 0 aromatic rings. The van der Waals surface area contributed by atoms with E-state index in [1.165, 1.54) is 32.1 Å². The fraction of sp³-hybridized carbons (Fsp3) is 1.00. The predicted molar refractivity (Wildman–Crippen MR) is 53.4 cm³/mol. The van der Waals surface area contributed by atoms with Crippen LogP contribution in [0, 0.1) is 17.8 Å². The molecule has 0 radical (unpaired) electrons. The molecule has 1 unspecified atom stereocenters. The Bertz CT molecular complexity index is 159. The highest BCUT2D eigenvalue weighted by Gasteiger charge is 2.31. The van der Waals surface area contributed by atoms with Crippen LogP contribution in [0.3, 0.4) is 0 Å². The lowest BCUT2D eigenvalue weighted by molar-refractivity contribution is 0.166. The summed E-state index contributed by atoms with van der Waals surface area (Å²) in [4.78, 5) is 0. The SMILES string of the molecule is C[C@@H]1CCC(C2CCC(F)CC2)C1. The molecule has 0 aromatic carbocycles. The molecule has 1 heteroatoms. The van der Waals surface area contributed by atoms with E-state index >= 15 is 0 Å². The summed E-state index contributed by atoms with van der Waals surface area (Å²) in [6.45, 7) is 2.36. The zero-order valence-electron chi connectivity index (χ0n) is 8.64. The summed E-state index contributed by atoms with van der Waals surface area (Å²) in [5.74, 6) is 2.76. The maximum atomic E-state index is 12.9. The van der Waals surface area contributed by atoms with Crippen LogP contribution in [0.25, 0.3) is 0 Å². The summed E-state index contributed by atoms with van der Waals surface area (Å²) in [7, 11) is 0. The molecule has 0 spiro atoms. The lowest BCUT2D eigenvalue weighted by Crippen LogP contribution is -2.20. The maximum absolute atomic E-state index is 12.9. The Morgan fingerprint density at radius 2 is 1.46 bits per heavy atom. The third-order valence-corrected chi connectivity index (χ3v) is 4.10. The number of rotatable bonds is 1. The van der Waals surface area contributed by atoms with Crippen molar-refractivity contribution < 1.29 is 4.39 Å². The first-order chi connectivity index (χ1) is 6.25. The van der Waals surface area contributed by atoms with E-state index in [9.17, 15) is 4.39 Å². The Morgan fingerprint density at radius 3 is 2.00 bits per heavy atom. The van der Waals surface area contributed by atoms with Crippen molar-refractivity contribution in [2.24, 2.45) is 17.8 Å². The van der Waals surface area contributed by atoms with Crippen LogP contribution in [0.15, 0.2) is 0 Å². The van der Waals surface area contributed by atoms with Gasteiger partial charge in [-0.15, -0.1) is 0 Å².